The summed E-state index contributed by atoms with van der Waals surface area (Å²) in [6, 6.07) is 17.2. The molecule has 1 aliphatic rings. The Hall–Kier alpha value is -2.06. The number of benzene rings is 2. The fourth-order valence-electron chi connectivity index (χ4n) is 3.35. The summed E-state index contributed by atoms with van der Waals surface area (Å²) >= 11 is 0. The van der Waals surface area contributed by atoms with E-state index in [1.807, 2.05) is 0 Å². The SMILES string of the molecule is N[C@@H]1C[C@@H](c2c[nH]c3ccccc23)c2ccccc21. The Bertz CT molecular complexity index is 742. The second kappa shape index (κ2) is 3.97. The van der Waals surface area contributed by atoms with E-state index in [-0.39, 0.29) is 6.04 Å². The van der Waals surface area contributed by atoms with Gasteiger partial charge in [-0.05, 0) is 29.2 Å². The Labute approximate surface area is 112 Å². The van der Waals surface area contributed by atoms with Gasteiger partial charge in [-0.2, -0.15) is 0 Å². The topological polar surface area (TPSA) is 41.8 Å². The molecule has 1 aliphatic carbocycles. The minimum absolute atomic E-state index is 0.162. The van der Waals surface area contributed by atoms with Crippen molar-refractivity contribution in [3.63, 3.8) is 0 Å². The number of para-hydroxylation sites is 1. The van der Waals surface area contributed by atoms with Crippen molar-refractivity contribution in [2.75, 3.05) is 0 Å². The molecular weight excluding hydrogens is 232 g/mol. The molecule has 0 unspecified atom stereocenters. The third-order valence-corrected chi connectivity index (χ3v) is 4.26. The van der Waals surface area contributed by atoms with Gasteiger partial charge < -0.3 is 10.7 Å². The smallest absolute Gasteiger partial charge is 0.0457 e. The van der Waals surface area contributed by atoms with Gasteiger partial charge in [0.25, 0.3) is 0 Å². The lowest BCUT2D eigenvalue weighted by molar-refractivity contribution is 0.664. The van der Waals surface area contributed by atoms with E-state index in [1.165, 1.54) is 27.6 Å². The van der Waals surface area contributed by atoms with Crippen LogP contribution in [-0.4, -0.2) is 4.98 Å². The monoisotopic (exact) mass is 248 g/mol. The highest BCUT2D eigenvalue weighted by Gasteiger charge is 2.30. The first kappa shape index (κ1) is 10.8. The van der Waals surface area contributed by atoms with Crippen molar-refractivity contribution in [2.24, 2.45) is 5.73 Å². The molecule has 2 atom stereocenters. The summed E-state index contributed by atoms with van der Waals surface area (Å²) in [4.78, 5) is 3.37. The van der Waals surface area contributed by atoms with Gasteiger partial charge in [-0.3, -0.25) is 0 Å². The van der Waals surface area contributed by atoms with Gasteiger partial charge in [0.2, 0.25) is 0 Å². The summed E-state index contributed by atoms with van der Waals surface area (Å²) < 4.78 is 0. The van der Waals surface area contributed by atoms with Crippen LogP contribution in [0.1, 0.15) is 35.1 Å². The number of aromatic nitrogens is 1. The quantitative estimate of drug-likeness (QED) is 0.677. The van der Waals surface area contributed by atoms with Gasteiger partial charge in [0, 0.05) is 29.1 Å². The summed E-state index contributed by atoms with van der Waals surface area (Å²) in [6.07, 6.45) is 3.14. The normalized spacial score (nSPS) is 21.7. The highest BCUT2D eigenvalue weighted by Crippen LogP contribution is 2.44. The van der Waals surface area contributed by atoms with E-state index < -0.39 is 0 Å². The maximum absolute atomic E-state index is 6.28. The predicted molar refractivity (Wildman–Crippen MR) is 78.1 cm³/mol. The molecular formula is C17H16N2. The number of hydrogen-bond donors (Lipinski definition) is 2. The molecule has 0 fully saturated rings. The molecule has 0 aliphatic heterocycles. The van der Waals surface area contributed by atoms with E-state index in [4.69, 9.17) is 5.73 Å². The Morgan fingerprint density at radius 3 is 2.53 bits per heavy atom. The lowest BCUT2D eigenvalue weighted by Gasteiger charge is -2.10. The predicted octanol–water partition coefficient (Wildman–Crippen LogP) is 3.70. The average molecular weight is 248 g/mol. The van der Waals surface area contributed by atoms with Crippen molar-refractivity contribution in [3.05, 3.63) is 71.4 Å². The fraction of sp³-hybridized carbons (Fsp3) is 0.176. The third kappa shape index (κ3) is 1.53. The molecule has 3 aromatic rings. The van der Waals surface area contributed by atoms with Crippen LogP contribution in [0.2, 0.25) is 0 Å². The second-order valence-electron chi connectivity index (χ2n) is 5.31. The average Bonchev–Trinajstić information content (AvgIpc) is 3.01. The van der Waals surface area contributed by atoms with Gasteiger partial charge in [0.05, 0.1) is 0 Å². The van der Waals surface area contributed by atoms with E-state index in [0.29, 0.717) is 5.92 Å². The van der Waals surface area contributed by atoms with Crippen LogP contribution in [0, 0.1) is 0 Å². The standard InChI is InChI=1S/C17H16N2/c18-16-9-14(11-5-1-2-6-12(11)16)15-10-19-17-8-4-3-7-13(15)17/h1-8,10,14,16,19H,9,18H2/t14-,16-/m1/s1. The van der Waals surface area contributed by atoms with E-state index >= 15 is 0 Å². The summed E-state index contributed by atoms with van der Waals surface area (Å²) in [6.45, 7) is 0. The highest BCUT2D eigenvalue weighted by molar-refractivity contribution is 5.84. The maximum atomic E-state index is 6.28. The zero-order valence-electron chi connectivity index (χ0n) is 10.6. The maximum Gasteiger partial charge on any atom is 0.0457 e. The lowest BCUT2D eigenvalue weighted by Crippen LogP contribution is -2.05. The molecule has 1 aromatic heterocycles. The summed E-state index contributed by atoms with van der Waals surface area (Å²) in [5.74, 6) is 0.419. The molecule has 0 amide bonds. The van der Waals surface area contributed by atoms with Crippen LogP contribution >= 0.6 is 0 Å². The lowest BCUT2D eigenvalue weighted by atomic mass is 9.93. The molecule has 4 rings (SSSR count). The van der Waals surface area contributed by atoms with Crippen LogP contribution < -0.4 is 5.73 Å². The number of fused-ring (bicyclic) bond motifs is 2. The van der Waals surface area contributed by atoms with Crippen LogP contribution in [0.25, 0.3) is 10.9 Å². The Balaban J connectivity index is 1.90. The molecule has 0 bridgehead atoms. The van der Waals surface area contributed by atoms with Crippen LogP contribution in [0.3, 0.4) is 0 Å². The van der Waals surface area contributed by atoms with Crippen molar-refractivity contribution >= 4 is 10.9 Å². The zero-order chi connectivity index (χ0) is 12.8. The number of nitrogens with one attached hydrogen (secondary N) is 1. The molecule has 2 nitrogen and oxygen atoms in total. The number of aromatic amines is 1. The van der Waals surface area contributed by atoms with Crippen molar-refractivity contribution in [1.82, 2.24) is 4.98 Å². The number of nitrogens with two attached hydrogens (primary N) is 1. The summed E-state index contributed by atoms with van der Waals surface area (Å²) in [7, 11) is 0. The summed E-state index contributed by atoms with van der Waals surface area (Å²) in [5.41, 5.74) is 11.5. The van der Waals surface area contributed by atoms with Crippen LogP contribution in [0.15, 0.2) is 54.7 Å². The summed E-state index contributed by atoms with van der Waals surface area (Å²) in [5, 5.41) is 1.32. The molecule has 3 N–H and O–H groups in total. The Morgan fingerprint density at radius 1 is 0.895 bits per heavy atom. The van der Waals surface area contributed by atoms with Gasteiger partial charge in [-0.25, -0.2) is 0 Å². The number of rotatable bonds is 1. The molecule has 0 saturated carbocycles. The van der Waals surface area contributed by atoms with Crippen LogP contribution in [0.5, 0.6) is 0 Å². The first-order chi connectivity index (χ1) is 9.34. The molecule has 0 saturated heterocycles. The Kier molecular flexibility index (Phi) is 2.26. The van der Waals surface area contributed by atoms with E-state index in [1.54, 1.807) is 0 Å². The second-order valence-corrected chi connectivity index (χ2v) is 5.31. The number of H-pyrrole nitrogens is 1. The van der Waals surface area contributed by atoms with Gasteiger partial charge >= 0.3 is 0 Å². The Morgan fingerprint density at radius 2 is 1.63 bits per heavy atom. The van der Waals surface area contributed by atoms with Crippen LogP contribution in [0.4, 0.5) is 0 Å². The van der Waals surface area contributed by atoms with Gasteiger partial charge in [-0.1, -0.05) is 42.5 Å². The van der Waals surface area contributed by atoms with Crippen molar-refractivity contribution < 1.29 is 0 Å². The molecule has 2 aromatic carbocycles. The van der Waals surface area contributed by atoms with Gasteiger partial charge in [-0.15, -0.1) is 0 Å². The molecule has 1 heterocycles. The molecule has 94 valence electrons. The van der Waals surface area contributed by atoms with E-state index in [2.05, 4.69) is 59.7 Å². The molecule has 0 radical (unpaired) electrons. The van der Waals surface area contributed by atoms with Crippen molar-refractivity contribution in [1.29, 1.82) is 0 Å². The first-order valence-electron chi connectivity index (χ1n) is 6.75. The van der Waals surface area contributed by atoms with E-state index in [0.717, 1.165) is 6.42 Å². The van der Waals surface area contributed by atoms with Crippen LogP contribution in [-0.2, 0) is 0 Å². The minimum Gasteiger partial charge on any atom is -0.361 e. The molecule has 19 heavy (non-hydrogen) atoms. The third-order valence-electron chi connectivity index (χ3n) is 4.26. The first-order valence-corrected chi connectivity index (χ1v) is 6.75. The molecule has 0 spiro atoms. The highest BCUT2D eigenvalue weighted by atomic mass is 14.7. The largest absolute Gasteiger partial charge is 0.361 e. The minimum atomic E-state index is 0.162. The fourth-order valence-corrected chi connectivity index (χ4v) is 3.35. The van der Waals surface area contributed by atoms with E-state index in [9.17, 15) is 0 Å². The van der Waals surface area contributed by atoms with Gasteiger partial charge in [0.15, 0.2) is 0 Å². The number of hydrogen-bond acceptors (Lipinski definition) is 1. The van der Waals surface area contributed by atoms with Crippen molar-refractivity contribution in [3.8, 4) is 0 Å². The van der Waals surface area contributed by atoms with Gasteiger partial charge in [0.1, 0.15) is 0 Å². The molecule has 2 heteroatoms. The van der Waals surface area contributed by atoms with Crippen molar-refractivity contribution in [2.45, 2.75) is 18.4 Å². The zero-order valence-corrected chi connectivity index (χ0v) is 10.6.